The van der Waals surface area contributed by atoms with E-state index in [0.717, 1.165) is 41.9 Å². The molecule has 1 aliphatic rings. The molecule has 172 valence electrons. The summed E-state index contributed by atoms with van der Waals surface area (Å²) in [4.78, 5) is 23.1. The van der Waals surface area contributed by atoms with Crippen LogP contribution in [0.3, 0.4) is 0 Å². The molecule has 34 heavy (non-hydrogen) atoms. The van der Waals surface area contributed by atoms with E-state index < -0.39 is 0 Å². The highest BCUT2D eigenvalue weighted by Gasteiger charge is 2.23. The number of para-hydroxylation sites is 1. The topological polar surface area (TPSA) is 83.3 Å². The Hall–Kier alpha value is -3.36. The molecule has 0 N–H and O–H groups in total. The number of ether oxygens (including phenoxy) is 1. The number of aromatic nitrogens is 3. The van der Waals surface area contributed by atoms with Crippen molar-refractivity contribution in [3.05, 3.63) is 76.4 Å². The second kappa shape index (κ2) is 8.77. The van der Waals surface area contributed by atoms with Crippen LogP contribution in [0.5, 0.6) is 0 Å². The van der Waals surface area contributed by atoms with Gasteiger partial charge < -0.3 is 13.6 Å². The summed E-state index contributed by atoms with van der Waals surface area (Å²) in [6, 6.07) is 17.4. The molecule has 0 saturated carbocycles. The molecule has 7 nitrogen and oxygen atoms in total. The molecule has 0 spiro atoms. The van der Waals surface area contributed by atoms with Gasteiger partial charge in [0.05, 0.1) is 18.3 Å². The molecule has 2 aromatic carbocycles. The molecule has 1 atom stereocenters. The summed E-state index contributed by atoms with van der Waals surface area (Å²) in [5.41, 5.74) is 3.12. The van der Waals surface area contributed by atoms with E-state index in [-0.39, 0.29) is 17.2 Å². The van der Waals surface area contributed by atoms with E-state index in [1.54, 1.807) is 4.57 Å². The third-order valence-corrected chi connectivity index (χ3v) is 7.10. The zero-order valence-corrected chi connectivity index (χ0v) is 19.5. The van der Waals surface area contributed by atoms with Gasteiger partial charge in [-0.2, -0.15) is 0 Å². The molecule has 1 unspecified atom stereocenters. The van der Waals surface area contributed by atoms with Gasteiger partial charge in [0.1, 0.15) is 16.9 Å². The predicted molar refractivity (Wildman–Crippen MR) is 131 cm³/mol. The van der Waals surface area contributed by atoms with E-state index in [1.165, 1.54) is 11.8 Å². The molecule has 0 amide bonds. The molecular formula is C26H23N3O4S. The van der Waals surface area contributed by atoms with Gasteiger partial charge in [0.2, 0.25) is 11.5 Å². The van der Waals surface area contributed by atoms with E-state index in [1.807, 2.05) is 61.5 Å². The molecule has 1 saturated heterocycles. The molecule has 4 heterocycles. The lowest BCUT2D eigenvalue weighted by molar-refractivity contribution is 0.0937. The molecule has 0 aliphatic carbocycles. The number of hydrogen-bond acceptors (Lipinski definition) is 7. The number of benzene rings is 2. The molecule has 6 rings (SSSR count). The van der Waals surface area contributed by atoms with E-state index in [0.29, 0.717) is 34.4 Å². The van der Waals surface area contributed by atoms with Crippen molar-refractivity contribution in [2.75, 3.05) is 6.61 Å². The van der Waals surface area contributed by atoms with Crippen molar-refractivity contribution in [3.8, 4) is 11.5 Å². The van der Waals surface area contributed by atoms with E-state index in [9.17, 15) is 4.79 Å². The monoisotopic (exact) mass is 473 g/mol. The standard InChI is InChI=1S/C26H23N3O4S/c1-16-20(27-24(32-16)17-8-3-2-4-9-17)15-34-26-28-22-19-11-5-6-12-21(19)33-23(22)25(30)29(26)14-18-10-7-13-31-18/h2-6,8-9,11-12,18H,7,10,13-15H2,1H3. The van der Waals surface area contributed by atoms with Gasteiger partial charge in [-0.15, -0.1) is 0 Å². The zero-order valence-electron chi connectivity index (χ0n) is 18.7. The second-order valence-electron chi connectivity index (χ2n) is 8.40. The summed E-state index contributed by atoms with van der Waals surface area (Å²) in [5.74, 6) is 1.88. The Labute approximate surface area is 199 Å². The van der Waals surface area contributed by atoms with E-state index in [4.69, 9.17) is 23.5 Å². The van der Waals surface area contributed by atoms with Gasteiger partial charge in [0, 0.05) is 23.3 Å². The Kier molecular flexibility index (Phi) is 5.47. The lowest BCUT2D eigenvalue weighted by Crippen LogP contribution is -2.28. The minimum Gasteiger partial charge on any atom is -0.448 e. The van der Waals surface area contributed by atoms with Crippen LogP contribution in [0, 0.1) is 6.92 Å². The Morgan fingerprint density at radius 2 is 1.88 bits per heavy atom. The first-order valence-electron chi connectivity index (χ1n) is 11.4. The van der Waals surface area contributed by atoms with Crippen LogP contribution in [-0.2, 0) is 17.0 Å². The van der Waals surface area contributed by atoms with Crippen LogP contribution in [0.1, 0.15) is 24.3 Å². The Morgan fingerprint density at radius 1 is 1.06 bits per heavy atom. The van der Waals surface area contributed by atoms with Crippen molar-refractivity contribution in [2.45, 2.75) is 43.3 Å². The first-order chi connectivity index (χ1) is 16.7. The molecule has 8 heteroatoms. The highest BCUT2D eigenvalue weighted by Crippen LogP contribution is 2.30. The van der Waals surface area contributed by atoms with Crippen molar-refractivity contribution in [2.24, 2.45) is 0 Å². The first kappa shape index (κ1) is 21.2. The van der Waals surface area contributed by atoms with Crippen molar-refractivity contribution >= 4 is 33.8 Å². The van der Waals surface area contributed by atoms with Gasteiger partial charge in [-0.1, -0.05) is 42.1 Å². The van der Waals surface area contributed by atoms with Crippen LogP contribution >= 0.6 is 11.8 Å². The Morgan fingerprint density at radius 3 is 2.71 bits per heavy atom. The maximum atomic E-state index is 13.5. The van der Waals surface area contributed by atoms with Crippen molar-refractivity contribution in [1.82, 2.24) is 14.5 Å². The van der Waals surface area contributed by atoms with Gasteiger partial charge in [-0.25, -0.2) is 9.97 Å². The molecule has 0 bridgehead atoms. The van der Waals surface area contributed by atoms with E-state index in [2.05, 4.69) is 0 Å². The average Bonchev–Trinajstić information content (AvgIpc) is 3.60. The van der Waals surface area contributed by atoms with Crippen LogP contribution in [-0.4, -0.2) is 27.2 Å². The Balaban J connectivity index is 1.38. The highest BCUT2D eigenvalue weighted by atomic mass is 32.2. The fourth-order valence-electron chi connectivity index (χ4n) is 4.32. The maximum absolute atomic E-state index is 13.5. The van der Waals surface area contributed by atoms with Crippen LogP contribution in [0.25, 0.3) is 33.5 Å². The van der Waals surface area contributed by atoms with Gasteiger partial charge in [-0.05, 0) is 44.0 Å². The summed E-state index contributed by atoms with van der Waals surface area (Å²) in [6.45, 7) is 3.09. The minimum atomic E-state index is -0.180. The molecule has 5 aromatic rings. The zero-order chi connectivity index (χ0) is 23.1. The van der Waals surface area contributed by atoms with Gasteiger partial charge in [0.25, 0.3) is 5.56 Å². The number of fused-ring (bicyclic) bond motifs is 3. The lowest BCUT2D eigenvalue weighted by atomic mass is 10.2. The summed E-state index contributed by atoms with van der Waals surface area (Å²) < 4.78 is 19.3. The maximum Gasteiger partial charge on any atom is 0.297 e. The summed E-state index contributed by atoms with van der Waals surface area (Å²) in [5, 5.41) is 1.47. The van der Waals surface area contributed by atoms with Crippen LogP contribution < -0.4 is 5.56 Å². The Bertz CT molecular complexity index is 1530. The van der Waals surface area contributed by atoms with Crippen molar-refractivity contribution in [3.63, 3.8) is 0 Å². The van der Waals surface area contributed by atoms with Gasteiger partial charge in [-0.3, -0.25) is 9.36 Å². The summed E-state index contributed by atoms with van der Waals surface area (Å²) in [6.07, 6.45) is 1.93. The number of furan rings is 1. The van der Waals surface area contributed by atoms with Gasteiger partial charge in [0.15, 0.2) is 5.16 Å². The number of hydrogen-bond donors (Lipinski definition) is 0. The van der Waals surface area contributed by atoms with Crippen LogP contribution in [0.2, 0.25) is 0 Å². The second-order valence-corrected chi connectivity index (χ2v) is 9.34. The van der Waals surface area contributed by atoms with E-state index >= 15 is 0 Å². The normalized spacial score (nSPS) is 16.1. The fourth-order valence-corrected chi connectivity index (χ4v) is 5.32. The molecule has 3 aromatic heterocycles. The van der Waals surface area contributed by atoms with Gasteiger partial charge >= 0.3 is 0 Å². The lowest BCUT2D eigenvalue weighted by Gasteiger charge is -2.15. The van der Waals surface area contributed by atoms with Crippen LogP contribution in [0.4, 0.5) is 0 Å². The number of thioether (sulfide) groups is 1. The molecule has 1 fully saturated rings. The quantitative estimate of drug-likeness (QED) is 0.235. The third kappa shape index (κ3) is 3.82. The smallest absolute Gasteiger partial charge is 0.297 e. The first-order valence-corrected chi connectivity index (χ1v) is 12.3. The third-order valence-electron chi connectivity index (χ3n) is 6.11. The predicted octanol–water partition coefficient (Wildman–Crippen LogP) is 5.58. The molecule has 0 radical (unpaired) electrons. The number of oxazole rings is 1. The highest BCUT2D eigenvalue weighted by molar-refractivity contribution is 7.98. The van der Waals surface area contributed by atoms with Crippen molar-refractivity contribution in [1.29, 1.82) is 0 Å². The summed E-state index contributed by atoms with van der Waals surface area (Å²) in [7, 11) is 0. The number of aryl methyl sites for hydroxylation is 1. The van der Waals surface area contributed by atoms with Crippen LogP contribution in [0.15, 0.2) is 73.4 Å². The number of nitrogens with zero attached hydrogens (tertiary/aromatic N) is 3. The molecule has 1 aliphatic heterocycles. The average molecular weight is 474 g/mol. The minimum absolute atomic E-state index is 0.000789. The number of rotatable bonds is 6. The largest absolute Gasteiger partial charge is 0.448 e. The molecular weight excluding hydrogens is 450 g/mol. The van der Waals surface area contributed by atoms with Crippen molar-refractivity contribution < 1.29 is 13.6 Å². The SMILES string of the molecule is Cc1oc(-c2ccccc2)nc1CSc1nc2c(oc3ccccc32)c(=O)n1CC1CCCO1. The summed E-state index contributed by atoms with van der Waals surface area (Å²) >= 11 is 1.48. The fraction of sp³-hybridized carbons (Fsp3) is 0.269.